The normalized spacial score (nSPS) is 11.9. The van der Waals surface area contributed by atoms with Crippen LogP contribution in [0.1, 0.15) is 5.01 Å². The van der Waals surface area contributed by atoms with Gasteiger partial charge in [0.15, 0.2) is 0 Å². The molecule has 0 spiro atoms. The number of ether oxygens (including phenoxy) is 1. The third kappa shape index (κ3) is 2.64. The summed E-state index contributed by atoms with van der Waals surface area (Å²) < 4.78 is 34.5. The molecule has 23 heavy (non-hydrogen) atoms. The number of alkyl halides is 2. The van der Waals surface area contributed by atoms with Gasteiger partial charge in [-0.2, -0.15) is 8.78 Å². The molecular weight excluding hydrogens is 316 g/mol. The fraction of sp³-hybridized carbons (Fsp3) is 0.0556. The van der Waals surface area contributed by atoms with Crippen molar-refractivity contribution < 1.29 is 13.5 Å². The lowest BCUT2D eigenvalue weighted by atomic mass is 10.1. The van der Waals surface area contributed by atoms with Crippen LogP contribution in [0.2, 0.25) is 0 Å². The lowest BCUT2D eigenvalue weighted by Crippen LogP contribution is -2.21. The number of aromatic nitrogens is 1. The van der Waals surface area contributed by atoms with Crippen molar-refractivity contribution in [3.63, 3.8) is 0 Å². The summed E-state index contributed by atoms with van der Waals surface area (Å²) in [5, 5.41) is 1.49. The second-order valence-corrected chi connectivity index (χ2v) is 6.15. The molecule has 114 valence electrons. The van der Waals surface area contributed by atoms with Crippen LogP contribution in [0, 0.1) is 0 Å². The van der Waals surface area contributed by atoms with Crippen LogP contribution in [0.5, 0.6) is 5.75 Å². The van der Waals surface area contributed by atoms with Crippen molar-refractivity contribution in [2.24, 2.45) is 0 Å². The van der Waals surface area contributed by atoms with Crippen LogP contribution in [-0.4, -0.2) is 4.98 Å². The number of benzene rings is 3. The molecular formula is C18H11F2NOS. The first-order valence-corrected chi connectivity index (χ1v) is 7.85. The Labute approximate surface area is 135 Å². The van der Waals surface area contributed by atoms with Crippen molar-refractivity contribution in [2.45, 2.75) is 6.11 Å². The zero-order valence-corrected chi connectivity index (χ0v) is 12.7. The molecule has 0 atom stereocenters. The van der Waals surface area contributed by atoms with Crippen molar-refractivity contribution >= 4 is 32.3 Å². The van der Waals surface area contributed by atoms with Gasteiger partial charge < -0.3 is 4.74 Å². The predicted octanol–water partition coefficient (Wildman–Crippen LogP) is 5.58. The van der Waals surface area contributed by atoms with E-state index >= 15 is 0 Å². The molecule has 1 aromatic heterocycles. The van der Waals surface area contributed by atoms with Gasteiger partial charge >= 0.3 is 6.11 Å². The summed E-state index contributed by atoms with van der Waals surface area (Å²) >= 11 is 0.941. The van der Waals surface area contributed by atoms with E-state index in [0.717, 1.165) is 22.1 Å². The summed E-state index contributed by atoms with van der Waals surface area (Å²) in [7, 11) is 0. The maximum absolute atomic E-state index is 14.4. The van der Waals surface area contributed by atoms with Gasteiger partial charge in [0, 0.05) is 0 Å². The van der Waals surface area contributed by atoms with Gasteiger partial charge in [0.1, 0.15) is 5.75 Å². The molecule has 0 radical (unpaired) electrons. The number of hydrogen-bond acceptors (Lipinski definition) is 3. The minimum atomic E-state index is -3.47. The van der Waals surface area contributed by atoms with Crippen molar-refractivity contribution in [1.82, 2.24) is 4.98 Å². The van der Waals surface area contributed by atoms with Gasteiger partial charge in [0.05, 0.1) is 10.2 Å². The topological polar surface area (TPSA) is 22.1 Å². The number of hydrogen-bond donors (Lipinski definition) is 0. The lowest BCUT2D eigenvalue weighted by Gasteiger charge is -2.15. The van der Waals surface area contributed by atoms with E-state index in [0.29, 0.717) is 10.2 Å². The standard InChI is InChI=1S/C18H11F2NOS/c19-18(20,17-21-15-7-3-4-8-16(15)23-17)22-14-10-9-12-5-1-2-6-13(12)11-14/h1-11H. The van der Waals surface area contributed by atoms with Crippen LogP contribution < -0.4 is 4.74 Å². The minimum Gasteiger partial charge on any atom is -0.427 e. The van der Waals surface area contributed by atoms with E-state index in [1.165, 1.54) is 0 Å². The Kier molecular flexibility index (Phi) is 3.23. The van der Waals surface area contributed by atoms with Gasteiger partial charge in [-0.15, -0.1) is 11.3 Å². The number of thiazole rings is 1. The summed E-state index contributed by atoms with van der Waals surface area (Å²) in [6, 6.07) is 19.5. The van der Waals surface area contributed by atoms with Gasteiger partial charge in [-0.25, -0.2) is 4.98 Å². The average Bonchev–Trinajstić information content (AvgIpc) is 2.99. The Morgan fingerprint density at radius 2 is 1.61 bits per heavy atom. The predicted molar refractivity (Wildman–Crippen MR) is 88.1 cm³/mol. The molecule has 0 aliphatic heterocycles. The third-order valence-electron chi connectivity index (χ3n) is 3.51. The van der Waals surface area contributed by atoms with Gasteiger partial charge in [-0.1, -0.05) is 42.5 Å². The molecule has 0 amide bonds. The monoisotopic (exact) mass is 327 g/mol. The Balaban J connectivity index is 1.69. The maximum atomic E-state index is 14.4. The fourth-order valence-electron chi connectivity index (χ4n) is 2.42. The molecule has 0 bridgehead atoms. The van der Waals surface area contributed by atoms with E-state index in [1.807, 2.05) is 24.3 Å². The van der Waals surface area contributed by atoms with Crippen LogP contribution in [0.3, 0.4) is 0 Å². The first-order chi connectivity index (χ1) is 11.1. The van der Waals surface area contributed by atoms with Crippen LogP contribution in [0.15, 0.2) is 66.7 Å². The summed E-state index contributed by atoms with van der Waals surface area (Å²) in [6.07, 6.45) is -3.47. The molecule has 4 aromatic rings. The molecule has 0 aliphatic carbocycles. The van der Waals surface area contributed by atoms with Crippen LogP contribution in [0.25, 0.3) is 21.0 Å². The number of rotatable bonds is 3. The number of para-hydroxylation sites is 1. The first-order valence-electron chi connectivity index (χ1n) is 7.03. The highest BCUT2D eigenvalue weighted by molar-refractivity contribution is 7.18. The summed E-state index contributed by atoms with van der Waals surface area (Å²) in [6.45, 7) is 0. The Morgan fingerprint density at radius 1 is 0.870 bits per heavy atom. The average molecular weight is 327 g/mol. The molecule has 0 saturated carbocycles. The van der Waals surface area contributed by atoms with Gasteiger partial charge in [-0.05, 0) is 35.0 Å². The highest BCUT2D eigenvalue weighted by atomic mass is 32.1. The number of nitrogens with zero attached hydrogens (tertiary/aromatic N) is 1. The SMILES string of the molecule is FC(F)(Oc1ccc2ccccc2c1)c1nc2ccccc2s1. The second-order valence-electron chi connectivity index (χ2n) is 5.11. The Hall–Kier alpha value is -2.53. The van der Waals surface area contributed by atoms with Gasteiger partial charge in [0.25, 0.3) is 0 Å². The van der Waals surface area contributed by atoms with Crippen molar-refractivity contribution in [2.75, 3.05) is 0 Å². The van der Waals surface area contributed by atoms with Crippen molar-refractivity contribution in [3.8, 4) is 5.75 Å². The minimum absolute atomic E-state index is 0.118. The zero-order valence-electron chi connectivity index (χ0n) is 11.9. The van der Waals surface area contributed by atoms with Crippen molar-refractivity contribution in [1.29, 1.82) is 0 Å². The maximum Gasteiger partial charge on any atom is 0.454 e. The molecule has 5 heteroatoms. The van der Waals surface area contributed by atoms with Gasteiger partial charge in [-0.3, -0.25) is 0 Å². The molecule has 0 aliphatic rings. The fourth-order valence-corrected chi connectivity index (χ4v) is 3.30. The third-order valence-corrected chi connectivity index (χ3v) is 4.60. The van der Waals surface area contributed by atoms with Crippen LogP contribution in [-0.2, 0) is 6.11 Å². The van der Waals surface area contributed by atoms with Gasteiger partial charge in [0.2, 0.25) is 5.01 Å². The molecule has 2 nitrogen and oxygen atoms in total. The highest BCUT2D eigenvalue weighted by Gasteiger charge is 2.38. The lowest BCUT2D eigenvalue weighted by molar-refractivity contribution is -0.185. The second kappa shape index (κ2) is 5.28. The molecule has 0 unspecified atom stereocenters. The summed E-state index contributed by atoms with van der Waals surface area (Å²) in [5.74, 6) is 0.118. The molecule has 0 saturated heterocycles. The van der Waals surface area contributed by atoms with E-state index in [-0.39, 0.29) is 10.8 Å². The zero-order chi connectivity index (χ0) is 15.9. The largest absolute Gasteiger partial charge is 0.454 e. The highest BCUT2D eigenvalue weighted by Crippen LogP contribution is 2.37. The molecule has 0 fully saturated rings. The van der Waals surface area contributed by atoms with E-state index in [9.17, 15) is 8.78 Å². The Bertz CT molecular complexity index is 963. The van der Waals surface area contributed by atoms with E-state index in [2.05, 4.69) is 4.98 Å². The van der Waals surface area contributed by atoms with E-state index < -0.39 is 6.11 Å². The molecule has 1 heterocycles. The van der Waals surface area contributed by atoms with E-state index in [1.54, 1.807) is 42.5 Å². The quantitative estimate of drug-likeness (QED) is 0.490. The molecule has 3 aromatic carbocycles. The summed E-state index contributed by atoms with van der Waals surface area (Å²) in [5.41, 5.74) is 0.550. The first kappa shape index (κ1) is 14.1. The van der Waals surface area contributed by atoms with Crippen LogP contribution in [0.4, 0.5) is 8.78 Å². The molecule has 4 rings (SSSR count). The number of halogens is 2. The summed E-state index contributed by atoms with van der Waals surface area (Å²) in [4.78, 5) is 3.99. The van der Waals surface area contributed by atoms with E-state index in [4.69, 9.17) is 4.74 Å². The smallest absolute Gasteiger partial charge is 0.427 e. The molecule has 0 N–H and O–H groups in total. The number of fused-ring (bicyclic) bond motifs is 2. The van der Waals surface area contributed by atoms with Crippen molar-refractivity contribution in [3.05, 3.63) is 71.7 Å². The Morgan fingerprint density at radius 3 is 2.43 bits per heavy atom. The van der Waals surface area contributed by atoms with Crippen LogP contribution >= 0.6 is 11.3 Å².